The third-order valence-electron chi connectivity index (χ3n) is 5.06. The molecule has 0 aliphatic heterocycles. The molecule has 2 amide bonds. The van der Waals surface area contributed by atoms with Crippen molar-refractivity contribution in [2.45, 2.75) is 19.9 Å². The predicted octanol–water partition coefficient (Wildman–Crippen LogP) is 2.69. The van der Waals surface area contributed by atoms with E-state index in [4.69, 9.17) is 4.74 Å². The molecule has 1 atom stereocenters. The van der Waals surface area contributed by atoms with Gasteiger partial charge in [-0.05, 0) is 43.0 Å². The highest BCUT2D eigenvalue weighted by atomic mass is 32.1. The van der Waals surface area contributed by atoms with Crippen molar-refractivity contribution in [1.29, 1.82) is 0 Å². The SMILES string of the molecule is COC(=O)[C@H](CNC(=O)c1cccs1)NC(=O)c1c(C)nc(NCC=Cc2cccc(O)c2)nc1C. The number of phenolic OH excluding ortho intramolecular Hbond substituents is 1. The summed E-state index contributed by atoms with van der Waals surface area (Å²) < 4.78 is 4.78. The van der Waals surface area contributed by atoms with Gasteiger partial charge in [-0.2, -0.15) is 0 Å². The molecule has 2 aromatic heterocycles. The maximum absolute atomic E-state index is 13.0. The summed E-state index contributed by atoms with van der Waals surface area (Å²) in [5.41, 5.74) is 1.93. The number of aromatic nitrogens is 2. The minimum atomic E-state index is -1.09. The molecule has 1 aromatic carbocycles. The number of anilines is 1. The Hall–Kier alpha value is -4.25. The fraction of sp³-hybridized carbons (Fsp3) is 0.240. The summed E-state index contributed by atoms with van der Waals surface area (Å²) in [4.78, 5) is 46.6. The molecule has 0 bridgehead atoms. The predicted molar refractivity (Wildman–Crippen MR) is 137 cm³/mol. The first-order valence-corrected chi connectivity index (χ1v) is 11.9. The Labute approximate surface area is 212 Å². The number of carbonyl (C=O) groups excluding carboxylic acids is 3. The number of phenols is 1. The van der Waals surface area contributed by atoms with Crippen molar-refractivity contribution < 1.29 is 24.2 Å². The average Bonchev–Trinajstić information content (AvgIpc) is 3.38. The molecule has 10 nitrogen and oxygen atoms in total. The number of nitrogens with zero attached hydrogens (tertiary/aromatic N) is 2. The van der Waals surface area contributed by atoms with E-state index in [1.807, 2.05) is 18.2 Å². The number of benzene rings is 1. The van der Waals surface area contributed by atoms with Gasteiger partial charge in [0.05, 0.1) is 28.9 Å². The second-order valence-electron chi connectivity index (χ2n) is 7.71. The number of rotatable bonds is 10. The van der Waals surface area contributed by atoms with E-state index in [-0.39, 0.29) is 23.8 Å². The van der Waals surface area contributed by atoms with Crippen molar-refractivity contribution >= 4 is 41.1 Å². The van der Waals surface area contributed by atoms with Crippen molar-refractivity contribution in [3.63, 3.8) is 0 Å². The lowest BCUT2D eigenvalue weighted by molar-refractivity contribution is -0.142. The molecule has 0 unspecified atom stereocenters. The highest BCUT2D eigenvalue weighted by molar-refractivity contribution is 7.12. The first-order valence-electron chi connectivity index (χ1n) is 11.0. The molecule has 2 heterocycles. The zero-order chi connectivity index (χ0) is 26.1. The second-order valence-corrected chi connectivity index (χ2v) is 8.66. The molecule has 3 rings (SSSR count). The van der Waals surface area contributed by atoms with Gasteiger partial charge in [0.25, 0.3) is 11.8 Å². The van der Waals surface area contributed by atoms with Crippen LogP contribution in [0.1, 0.15) is 37.0 Å². The Morgan fingerprint density at radius 3 is 2.50 bits per heavy atom. The molecule has 0 fully saturated rings. The number of hydrogen-bond donors (Lipinski definition) is 4. The van der Waals surface area contributed by atoms with Crippen LogP contribution in [0.5, 0.6) is 5.75 Å². The zero-order valence-corrected chi connectivity index (χ0v) is 20.9. The van der Waals surface area contributed by atoms with Crippen molar-refractivity contribution in [2.75, 3.05) is 25.5 Å². The summed E-state index contributed by atoms with van der Waals surface area (Å²) in [6, 6.07) is 9.17. The molecule has 0 aliphatic rings. The van der Waals surface area contributed by atoms with Crippen molar-refractivity contribution in [3.05, 3.63) is 75.2 Å². The van der Waals surface area contributed by atoms with E-state index in [2.05, 4.69) is 25.9 Å². The van der Waals surface area contributed by atoms with Gasteiger partial charge in [-0.1, -0.05) is 30.4 Å². The van der Waals surface area contributed by atoms with E-state index in [1.54, 1.807) is 49.6 Å². The number of carbonyl (C=O) groups is 3. The van der Waals surface area contributed by atoms with Gasteiger partial charge in [-0.25, -0.2) is 14.8 Å². The highest BCUT2D eigenvalue weighted by Gasteiger charge is 2.25. The lowest BCUT2D eigenvalue weighted by Gasteiger charge is -2.18. The van der Waals surface area contributed by atoms with Crippen molar-refractivity contribution in [2.24, 2.45) is 0 Å². The molecule has 0 saturated carbocycles. The topological polar surface area (TPSA) is 143 Å². The maximum Gasteiger partial charge on any atom is 0.330 e. The van der Waals surface area contributed by atoms with Gasteiger partial charge in [-0.3, -0.25) is 9.59 Å². The van der Waals surface area contributed by atoms with E-state index in [0.717, 1.165) is 5.56 Å². The summed E-state index contributed by atoms with van der Waals surface area (Å²) >= 11 is 1.27. The smallest absolute Gasteiger partial charge is 0.330 e. The zero-order valence-electron chi connectivity index (χ0n) is 20.1. The first-order chi connectivity index (χ1) is 17.3. The normalized spacial score (nSPS) is 11.6. The minimum Gasteiger partial charge on any atom is -0.508 e. The number of esters is 1. The van der Waals surface area contributed by atoms with Crippen LogP contribution in [0, 0.1) is 13.8 Å². The van der Waals surface area contributed by atoms with E-state index in [9.17, 15) is 19.5 Å². The summed E-state index contributed by atoms with van der Waals surface area (Å²) in [6.45, 7) is 3.62. The Morgan fingerprint density at radius 1 is 1.11 bits per heavy atom. The van der Waals surface area contributed by atoms with Gasteiger partial charge < -0.3 is 25.8 Å². The third-order valence-corrected chi connectivity index (χ3v) is 5.93. The van der Waals surface area contributed by atoms with Gasteiger partial charge in [0.15, 0.2) is 0 Å². The molecule has 0 spiro atoms. The number of thiophene rings is 1. The number of amides is 2. The number of nitrogens with one attached hydrogen (secondary N) is 3. The van der Waals surface area contributed by atoms with E-state index in [1.165, 1.54) is 18.4 Å². The fourth-order valence-electron chi connectivity index (χ4n) is 3.35. The number of methoxy groups -OCH3 is 1. The van der Waals surface area contributed by atoms with Crippen LogP contribution in [0.25, 0.3) is 6.08 Å². The molecular weight excluding hydrogens is 482 g/mol. The molecular formula is C25H27N5O5S. The molecule has 36 heavy (non-hydrogen) atoms. The van der Waals surface area contributed by atoms with E-state index in [0.29, 0.717) is 28.8 Å². The standard InChI is InChI=1S/C25H27N5O5S/c1-15-21(16(2)29-25(28-15)26-11-5-8-17-7-4-9-18(31)13-17)23(33)30-19(24(34)35-3)14-27-22(32)20-10-6-12-36-20/h4-10,12-13,19,31H,11,14H2,1-3H3,(H,27,32)(H,30,33)(H,26,28,29)/t19-/m0/s1. The maximum atomic E-state index is 13.0. The molecule has 0 aliphatic carbocycles. The van der Waals surface area contributed by atoms with Gasteiger partial charge in [0, 0.05) is 13.1 Å². The Kier molecular flexibility index (Phi) is 9.12. The van der Waals surface area contributed by atoms with Crippen LogP contribution in [0.2, 0.25) is 0 Å². The fourth-order valence-corrected chi connectivity index (χ4v) is 3.99. The number of aromatic hydroxyl groups is 1. The molecule has 0 saturated heterocycles. The number of aryl methyl sites for hydroxylation is 2. The molecule has 3 aromatic rings. The van der Waals surface area contributed by atoms with Crippen LogP contribution >= 0.6 is 11.3 Å². The molecule has 0 radical (unpaired) electrons. The lowest BCUT2D eigenvalue weighted by Crippen LogP contribution is -2.49. The Balaban J connectivity index is 1.63. The number of ether oxygens (including phenoxy) is 1. The van der Waals surface area contributed by atoms with Crippen LogP contribution in [0.3, 0.4) is 0 Å². The van der Waals surface area contributed by atoms with Crippen molar-refractivity contribution in [3.8, 4) is 5.75 Å². The van der Waals surface area contributed by atoms with Gasteiger partial charge in [0.2, 0.25) is 5.95 Å². The van der Waals surface area contributed by atoms with Gasteiger partial charge >= 0.3 is 5.97 Å². The summed E-state index contributed by atoms with van der Waals surface area (Å²) in [5.74, 6) is -1.07. The summed E-state index contributed by atoms with van der Waals surface area (Å²) in [6.07, 6.45) is 3.70. The summed E-state index contributed by atoms with van der Waals surface area (Å²) in [7, 11) is 1.21. The second kappa shape index (κ2) is 12.5. The summed E-state index contributed by atoms with van der Waals surface area (Å²) in [5, 5.41) is 19.6. The van der Waals surface area contributed by atoms with Crippen LogP contribution in [-0.4, -0.2) is 59.1 Å². The van der Waals surface area contributed by atoms with Crippen LogP contribution < -0.4 is 16.0 Å². The average molecular weight is 510 g/mol. The highest BCUT2D eigenvalue weighted by Crippen LogP contribution is 2.14. The monoisotopic (exact) mass is 509 g/mol. The third kappa shape index (κ3) is 7.12. The van der Waals surface area contributed by atoms with E-state index < -0.39 is 17.9 Å². The Morgan fingerprint density at radius 2 is 1.86 bits per heavy atom. The minimum absolute atomic E-state index is 0.140. The first kappa shape index (κ1) is 26.4. The largest absolute Gasteiger partial charge is 0.508 e. The molecule has 188 valence electrons. The lowest BCUT2D eigenvalue weighted by atomic mass is 10.1. The Bertz CT molecular complexity index is 1240. The van der Waals surface area contributed by atoms with Crippen LogP contribution in [0.4, 0.5) is 5.95 Å². The number of hydrogen-bond acceptors (Lipinski definition) is 9. The van der Waals surface area contributed by atoms with Gasteiger partial charge in [-0.15, -0.1) is 11.3 Å². The molecule has 11 heteroatoms. The van der Waals surface area contributed by atoms with Crippen molar-refractivity contribution in [1.82, 2.24) is 20.6 Å². The quantitative estimate of drug-likeness (QED) is 0.306. The van der Waals surface area contributed by atoms with Crippen LogP contribution in [-0.2, 0) is 9.53 Å². The van der Waals surface area contributed by atoms with E-state index >= 15 is 0 Å². The van der Waals surface area contributed by atoms with Gasteiger partial charge in [0.1, 0.15) is 11.8 Å². The van der Waals surface area contributed by atoms with Crippen LogP contribution in [0.15, 0.2) is 47.9 Å². The molecule has 4 N–H and O–H groups in total.